The van der Waals surface area contributed by atoms with Crippen LogP contribution in [0.1, 0.15) is 5.56 Å². The van der Waals surface area contributed by atoms with Crippen LogP contribution in [0.3, 0.4) is 0 Å². The molecule has 0 aromatic heterocycles. The zero-order valence-corrected chi connectivity index (χ0v) is 9.57. The molecule has 0 saturated heterocycles. The van der Waals surface area contributed by atoms with Gasteiger partial charge in [-0.1, -0.05) is 17.7 Å². The van der Waals surface area contributed by atoms with E-state index in [-0.39, 0.29) is 0 Å². The third-order valence-corrected chi connectivity index (χ3v) is 5.24. The number of hydrogen-bond donors (Lipinski definition) is 1. The van der Waals surface area contributed by atoms with Gasteiger partial charge in [0.05, 0.1) is 4.90 Å². The maximum Gasteiger partial charge on any atom is 0.230 e. The van der Waals surface area contributed by atoms with E-state index in [1.165, 1.54) is 0 Å². The van der Waals surface area contributed by atoms with Crippen molar-refractivity contribution in [3.8, 4) is 0 Å². The Kier molecular flexibility index (Phi) is 3.97. The summed E-state index contributed by atoms with van der Waals surface area (Å²) < 4.78 is 23.2. The van der Waals surface area contributed by atoms with Crippen molar-refractivity contribution in [1.29, 1.82) is 0 Å². The molecule has 0 aliphatic carbocycles. The molecular formula is C9H13NO2S2. The first-order chi connectivity index (χ1) is 6.56. The molecule has 0 saturated carbocycles. The quantitative estimate of drug-likeness (QED) is 0.795. The molecule has 1 aromatic carbocycles. The summed E-state index contributed by atoms with van der Waals surface area (Å²) >= 11 is 0. The molecule has 0 atom stereocenters. The molecule has 2 N–H and O–H groups in total. The molecule has 0 amide bonds. The maximum atomic E-state index is 11.6. The summed E-state index contributed by atoms with van der Waals surface area (Å²) in [7, 11) is -2.32. The molecule has 0 fully saturated rings. The lowest BCUT2D eigenvalue weighted by Crippen LogP contribution is -2.05. The van der Waals surface area contributed by atoms with Crippen LogP contribution in [0.15, 0.2) is 29.2 Å². The molecule has 5 heteroatoms. The fourth-order valence-electron chi connectivity index (χ4n) is 0.931. The smallest absolute Gasteiger partial charge is 0.230 e. The van der Waals surface area contributed by atoms with Crippen LogP contribution in [-0.2, 0) is 8.87 Å². The monoisotopic (exact) mass is 231 g/mol. The Morgan fingerprint density at radius 1 is 1.29 bits per heavy atom. The number of nitrogens with two attached hydrogens (primary N) is 1. The molecule has 1 rings (SSSR count). The predicted molar refractivity (Wildman–Crippen MR) is 59.9 cm³/mol. The van der Waals surface area contributed by atoms with E-state index in [0.717, 1.165) is 16.4 Å². The summed E-state index contributed by atoms with van der Waals surface area (Å²) in [6.45, 7) is 2.29. The lowest BCUT2D eigenvalue weighted by Gasteiger charge is -2.02. The van der Waals surface area contributed by atoms with Crippen LogP contribution in [0.4, 0.5) is 0 Å². The van der Waals surface area contributed by atoms with E-state index in [4.69, 9.17) is 5.73 Å². The minimum atomic E-state index is -3.20. The van der Waals surface area contributed by atoms with Crippen molar-refractivity contribution >= 4 is 19.7 Å². The summed E-state index contributed by atoms with van der Waals surface area (Å²) in [6.07, 6.45) is 0. The third kappa shape index (κ3) is 3.01. The van der Waals surface area contributed by atoms with Crippen LogP contribution in [0.25, 0.3) is 0 Å². The molecule has 0 spiro atoms. The van der Waals surface area contributed by atoms with Gasteiger partial charge in [0, 0.05) is 12.3 Å². The fraction of sp³-hybridized carbons (Fsp3) is 0.333. The van der Waals surface area contributed by atoms with Crippen molar-refractivity contribution < 1.29 is 8.42 Å². The summed E-state index contributed by atoms with van der Waals surface area (Å²) in [5, 5.41) is 0. The van der Waals surface area contributed by atoms with Crippen LogP contribution in [0, 0.1) is 6.92 Å². The van der Waals surface area contributed by atoms with Crippen LogP contribution < -0.4 is 5.73 Å². The van der Waals surface area contributed by atoms with Gasteiger partial charge in [-0.3, -0.25) is 0 Å². The Morgan fingerprint density at radius 3 is 2.36 bits per heavy atom. The molecule has 0 bridgehead atoms. The van der Waals surface area contributed by atoms with Crippen molar-refractivity contribution in [2.45, 2.75) is 11.8 Å². The molecular weight excluding hydrogens is 218 g/mol. The zero-order valence-electron chi connectivity index (χ0n) is 7.93. The van der Waals surface area contributed by atoms with Crippen LogP contribution in [0.5, 0.6) is 0 Å². The van der Waals surface area contributed by atoms with Gasteiger partial charge in [-0.05, 0) is 29.9 Å². The summed E-state index contributed by atoms with van der Waals surface area (Å²) in [4.78, 5) is 0.349. The fourth-order valence-corrected chi connectivity index (χ4v) is 3.54. The maximum absolute atomic E-state index is 11.6. The van der Waals surface area contributed by atoms with E-state index in [1.807, 2.05) is 6.92 Å². The highest BCUT2D eigenvalue weighted by molar-refractivity contribution is 8.72. The zero-order chi connectivity index (χ0) is 10.6. The molecule has 1 aromatic rings. The number of rotatable bonds is 4. The van der Waals surface area contributed by atoms with Gasteiger partial charge >= 0.3 is 0 Å². The van der Waals surface area contributed by atoms with Gasteiger partial charge in [0.1, 0.15) is 0 Å². The molecule has 0 unspecified atom stereocenters. The first-order valence-corrected chi connectivity index (χ1v) is 7.21. The van der Waals surface area contributed by atoms with Crippen molar-refractivity contribution in [1.82, 2.24) is 0 Å². The summed E-state index contributed by atoms with van der Waals surface area (Å²) in [6, 6.07) is 6.81. The van der Waals surface area contributed by atoms with Crippen molar-refractivity contribution in [2.75, 3.05) is 12.3 Å². The SMILES string of the molecule is Cc1ccc(S(=O)(=O)SCCN)cc1. The van der Waals surface area contributed by atoms with Gasteiger partial charge < -0.3 is 5.73 Å². The van der Waals surface area contributed by atoms with Crippen LogP contribution in [0.2, 0.25) is 0 Å². The Morgan fingerprint density at radius 2 is 1.86 bits per heavy atom. The number of benzene rings is 1. The number of aryl methyl sites for hydroxylation is 1. The molecule has 3 nitrogen and oxygen atoms in total. The molecule has 78 valence electrons. The molecule has 0 heterocycles. The Hall–Kier alpha value is -0.520. The van der Waals surface area contributed by atoms with Gasteiger partial charge in [-0.2, -0.15) is 0 Å². The Balaban J connectivity index is 2.87. The van der Waals surface area contributed by atoms with Crippen LogP contribution in [-0.4, -0.2) is 20.7 Å². The summed E-state index contributed by atoms with van der Waals surface area (Å²) in [5.41, 5.74) is 6.30. The van der Waals surface area contributed by atoms with Gasteiger partial charge in [0.25, 0.3) is 0 Å². The van der Waals surface area contributed by atoms with Gasteiger partial charge in [-0.15, -0.1) is 0 Å². The van der Waals surface area contributed by atoms with E-state index >= 15 is 0 Å². The topological polar surface area (TPSA) is 60.2 Å². The third-order valence-electron chi connectivity index (χ3n) is 1.67. The average molecular weight is 231 g/mol. The number of hydrogen-bond acceptors (Lipinski definition) is 4. The summed E-state index contributed by atoms with van der Waals surface area (Å²) in [5.74, 6) is 0.427. The van der Waals surface area contributed by atoms with Crippen molar-refractivity contribution in [3.05, 3.63) is 29.8 Å². The van der Waals surface area contributed by atoms with E-state index in [0.29, 0.717) is 17.2 Å². The van der Waals surface area contributed by atoms with E-state index in [9.17, 15) is 8.42 Å². The molecule has 0 aliphatic rings. The largest absolute Gasteiger partial charge is 0.330 e. The second-order valence-corrected chi connectivity index (χ2v) is 6.93. The lowest BCUT2D eigenvalue weighted by molar-refractivity contribution is 0.610. The van der Waals surface area contributed by atoms with Gasteiger partial charge in [-0.25, -0.2) is 8.42 Å². The highest BCUT2D eigenvalue weighted by atomic mass is 33.1. The first kappa shape index (κ1) is 11.6. The van der Waals surface area contributed by atoms with Crippen molar-refractivity contribution in [2.24, 2.45) is 5.73 Å². The van der Waals surface area contributed by atoms with Gasteiger partial charge in [0.15, 0.2) is 0 Å². The molecule has 0 radical (unpaired) electrons. The van der Waals surface area contributed by atoms with Crippen molar-refractivity contribution in [3.63, 3.8) is 0 Å². The normalized spacial score (nSPS) is 11.6. The Labute approximate surface area is 88.0 Å². The van der Waals surface area contributed by atoms with E-state index in [2.05, 4.69) is 0 Å². The minimum absolute atomic E-state index is 0.349. The van der Waals surface area contributed by atoms with E-state index in [1.54, 1.807) is 24.3 Å². The first-order valence-electron chi connectivity index (χ1n) is 4.22. The molecule has 0 aliphatic heterocycles. The molecule has 14 heavy (non-hydrogen) atoms. The minimum Gasteiger partial charge on any atom is -0.330 e. The van der Waals surface area contributed by atoms with Gasteiger partial charge in [0.2, 0.25) is 8.87 Å². The highest BCUT2D eigenvalue weighted by Gasteiger charge is 2.13. The second kappa shape index (κ2) is 4.82. The second-order valence-electron chi connectivity index (χ2n) is 2.88. The average Bonchev–Trinajstić information content (AvgIpc) is 2.16. The Bertz CT molecular complexity index is 384. The predicted octanol–water partition coefficient (Wildman–Crippen LogP) is 1.38. The lowest BCUT2D eigenvalue weighted by atomic mass is 10.2. The van der Waals surface area contributed by atoms with Crippen LogP contribution >= 0.6 is 10.8 Å². The highest BCUT2D eigenvalue weighted by Crippen LogP contribution is 2.22. The standard InChI is InChI=1S/C9H13NO2S2/c1-8-2-4-9(5-3-8)14(11,12)13-7-6-10/h2-5H,6-7,10H2,1H3. The van der Waals surface area contributed by atoms with E-state index < -0.39 is 8.87 Å².